The van der Waals surface area contributed by atoms with Crippen LogP contribution in [0.4, 0.5) is 0 Å². The summed E-state index contributed by atoms with van der Waals surface area (Å²) in [6, 6.07) is 6.33. The van der Waals surface area contributed by atoms with Gasteiger partial charge in [0.05, 0.1) is 0 Å². The number of nitrogens with two attached hydrogens (primary N) is 1. The van der Waals surface area contributed by atoms with Gasteiger partial charge in [-0.05, 0) is 49.8 Å². The molecular weight excluding hydrogens is 310 g/mol. The first kappa shape index (κ1) is 17.8. The van der Waals surface area contributed by atoms with Crippen LogP contribution in [0.15, 0.2) is 24.4 Å². The number of carbonyl (C=O) groups excluding carboxylic acids is 1. The molecule has 0 saturated heterocycles. The van der Waals surface area contributed by atoms with Crippen molar-refractivity contribution in [2.45, 2.75) is 32.6 Å². The van der Waals surface area contributed by atoms with Gasteiger partial charge < -0.3 is 16.0 Å². The van der Waals surface area contributed by atoms with E-state index in [4.69, 9.17) is 5.73 Å². The third kappa shape index (κ3) is 3.70. The molecule has 1 aliphatic rings. The van der Waals surface area contributed by atoms with E-state index < -0.39 is 0 Å². The Labute approximate surface area is 143 Å². The van der Waals surface area contributed by atoms with E-state index in [1.165, 1.54) is 22.0 Å². The Kier molecular flexibility index (Phi) is 6.08. The molecule has 3 rings (SSSR count). The lowest BCUT2D eigenvalue weighted by Crippen LogP contribution is -2.36. The highest BCUT2D eigenvalue weighted by Crippen LogP contribution is 2.31. The summed E-state index contributed by atoms with van der Waals surface area (Å²) in [7, 11) is 0. The fourth-order valence-electron chi connectivity index (χ4n) is 3.69. The first-order valence-electron chi connectivity index (χ1n) is 8.24. The van der Waals surface area contributed by atoms with Crippen molar-refractivity contribution in [3.05, 3.63) is 35.5 Å². The Bertz CT molecular complexity index is 667. The Hall–Kier alpha value is -1.52. The zero-order chi connectivity index (χ0) is 15.5. The lowest BCUT2D eigenvalue weighted by Gasteiger charge is -2.17. The van der Waals surface area contributed by atoms with Crippen LogP contribution in [-0.4, -0.2) is 24.0 Å². The summed E-state index contributed by atoms with van der Waals surface area (Å²) >= 11 is 0. The molecular formula is C18H26ClN3O. The highest BCUT2D eigenvalue weighted by atomic mass is 35.5. The van der Waals surface area contributed by atoms with E-state index in [1.54, 1.807) is 0 Å². The molecule has 1 aromatic carbocycles. The van der Waals surface area contributed by atoms with Crippen LogP contribution in [0.5, 0.6) is 0 Å². The van der Waals surface area contributed by atoms with E-state index in [1.807, 2.05) is 0 Å². The zero-order valence-corrected chi connectivity index (χ0v) is 14.4. The lowest BCUT2D eigenvalue weighted by atomic mass is 9.95. The molecule has 1 fully saturated rings. The number of para-hydroxylation sites is 1. The monoisotopic (exact) mass is 335 g/mol. The predicted molar refractivity (Wildman–Crippen MR) is 96.9 cm³/mol. The zero-order valence-electron chi connectivity index (χ0n) is 13.6. The van der Waals surface area contributed by atoms with Crippen molar-refractivity contribution in [2.24, 2.45) is 17.6 Å². The van der Waals surface area contributed by atoms with Gasteiger partial charge in [-0.2, -0.15) is 0 Å². The van der Waals surface area contributed by atoms with Crippen LogP contribution in [0.1, 0.15) is 30.4 Å². The number of aromatic amines is 1. The van der Waals surface area contributed by atoms with Crippen LogP contribution in [-0.2, 0) is 11.2 Å². The maximum Gasteiger partial charge on any atom is 0.223 e. The number of hydrogen-bond acceptors (Lipinski definition) is 2. The van der Waals surface area contributed by atoms with Crippen molar-refractivity contribution >= 4 is 29.2 Å². The van der Waals surface area contributed by atoms with Gasteiger partial charge in [0.1, 0.15) is 0 Å². The van der Waals surface area contributed by atoms with E-state index in [-0.39, 0.29) is 24.2 Å². The van der Waals surface area contributed by atoms with Crippen LogP contribution in [0.2, 0.25) is 0 Å². The molecule has 1 amide bonds. The number of amides is 1. The summed E-state index contributed by atoms with van der Waals surface area (Å²) in [6.45, 7) is 3.42. The van der Waals surface area contributed by atoms with Crippen molar-refractivity contribution in [1.29, 1.82) is 0 Å². The number of nitrogens with one attached hydrogen (secondary N) is 2. The van der Waals surface area contributed by atoms with Crippen molar-refractivity contribution in [3.8, 4) is 0 Å². The molecule has 2 aromatic rings. The van der Waals surface area contributed by atoms with Gasteiger partial charge in [-0.25, -0.2) is 0 Å². The maximum atomic E-state index is 12.3. The standard InChI is InChI=1S/C18H25N3O.ClH/c1-12-4-2-6-15-14(11-21-17(12)15)8-9-20-18(22)16-7-3-5-13(16)10-19;/h2,4,6,11,13,16,21H,3,5,7-10,19H2,1H3,(H,20,22);1H/t13-,16-;/m1./s1. The van der Waals surface area contributed by atoms with Gasteiger partial charge in [0.15, 0.2) is 0 Å². The van der Waals surface area contributed by atoms with Gasteiger partial charge in [0.2, 0.25) is 5.91 Å². The van der Waals surface area contributed by atoms with Crippen molar-refractivity contribution < 1.29 is 4.79 Å². The molecule has 1 aliphatic carbocycles. The average Bonchev–Trinajstić information content (AvgIpc) is 3.14. The van der Waals surface area contributed by atoms with Crippen LogP contribution in [0.3, 0.4) is 0 Å². The summed E-state index contributed by atoms with van der Waals surface area (Å²) in [6.07, 6.45) is 6.12. The number of benzene rings is 1. The first-order chi connectivity index (χ1) is 10.7. The van der Waals surface area contributed by atoms with E-state index >= 15 is 0 Å². The highest BCUT2D eigenvalue weighted by Gasteiger charge is 2.31. The molecule has 2 atom stereocenters. The second kappa shape index (κ2) is 7.84. The Balaban J connectivity index is 0.00000192. The molecule has 1 aromatic heterocycles. The molecule has 0 aliphatic heterocycles. The van der Waals surface area contributed by atoms with Gasteiger partial charge in [0, 0.05) is 29.6 Å². The van der Waals surface area contributed by atoms with Crippen LogP contribution >= 0.6 is 12.4 Å². The van der Waals surface area contributed by atoms with E-state index in [0.29, 0.717) is 19.0 Å². The van der Waals surface area contributed by atoms with E-state index in [2.05, 4.69) is 41.6 Å². The van der Waals surface area contributed by atoms with Crippen molar-refractivity contribution in [2.75, 3.05) is 13.1 Å². The highest BCUT2D eigenvalue weighted by molar-refractivity contribution is 5.86. The number of aromatic nitrogens is 1. The number of aryl methyl sites for hydroxylation is 1. The maximum absolute atomic E-state index is 12.3. The number of fused-ring (bicyclic) bond motifs is 1. The third-order valence-electron chi connectivity index (χ3n) is 5.00. The number of halogens is 1. The number of carbonyl (C=O) groups is 1. The van der Waals surface area contributed by atoms with Crippen LogP contribution < -0.4 is 11.1 Å². The van der Waals surface area contributed by atoms with Gasteiger partial charge in [-0.3, -0.25) is 4.79 Å². The smallest absolute Gasteiger partial charge is 0.223 e. The van der Waals surface area contributed by atoms with Crippen LogP contribution in [0.25, 0.3) is 10.9 Å². The molecule has 0 unspecified atom stereocenters. The van der Waals surface area contributed by atoms with Crippen molar-refractivity contribution in [3.63, 3.8) is 0 Å². The average molecular weight is 336 g/mol. The Morgan fingerprint density at radius 3 is 3.00 bits per heavy atom. The summed E-state index contributed by atoms with van der Waals surface area (Å²) in [5, 5.41) is 4.36. The van der Waals surface area contributed by atoms with Gasteiger partial charge >= 0.3 is 0 Å². The molecule has 0 spiro atoms. The van der Waals surface area contributed by atoms with E-state index in [9.17, 15) is 4.79 Å². The molecule has 4 N–H and O–H groups in total. The molecule has 0 radical (unpaired) electrons. The largest absolute Gasteiger partial charge is 0.361 e. The molecule has 23 heavy (non-hydrogen) atoms. The van der Waals surface area contributed by atoms with Gasteiger partial charge in [-0.15, -0.1) is 12.4 Å². The first-order valence-corrected chi connectivity index (χ1v) is 8.24. The fourth-order valence-corrected chi connectivity index (χ4v) is 3.69. The minimum atomic E-state index is 0. The number of hydrogen-bond donors (Lipinski definition) is 3. The molecule has 4 nitrogen and oxygen atoms in total. The SMILES string of the molecule is Cc1cccc2c(CCNC(=O)[C@@H]3CCC[C@@H]3CN)c[nH]c12.Cl. The van der Waals surface area contributed by atoms with Gasteiger partial charge in [-0.1, -0.05) is 24.6 Å². The topological polar surface area (TPSA) is 70.9 Å². The second-order valence-corrected chi connectivity index (χ2v) is 6.39. The fraction of sp³-hybridized carbons (Fsp3) is 0.500. The number of rotatable bonds is 5. The van der Waals surface area contributed by atoms with Gasteiger partial charge in [0.25, 0.3) is 0 Å². The summed E-state index contributed by atoms with van der Waals surface area (Å²) in [5.74, 6) is 0.676. The summed E-state index contributed by atoms with van der Waals surface area (Å²) < 4.78 is 0. The predicted octanol–water partition coefficient (Wildman–Crippen LogP) is 2.93. The summed E-state index contributed by atoms with van der Waals surface area (Å²) in [5.41, 5.74) is 9.48. The molecule has 126 valence electrons. The normalized spacial score (nSPS) is 20.4. The Morgan fingerprint density at radius 2 is 2.22 bits per heavy atom. The Morgan fingerprint density at radius 1 is 1.39 bits per heavy atom. The van der Waals surface area contributed by atoms with E-state index in [0.717, 1.165) is 25.7 Å². The molecule has 1 heterocycles. The molecule has 5 heteroatoms. The lowest BCUT2D eigenvalue weighted by molar-refractivity contribution is -0.125. The second-order valence-electron chi connectivity index (χ2n) is 6.39. The number of H-pyrrole nitrogens is 1. The molecule has 1 saturated carbocycles. The van der Waals surface area contributed by atoms with Crippen LogP contribution in [0, 0.1) is 18.8 Å². The molecule has 0 bridgehead atoms. The minimum Gasteiger partial charge on any atom is -0.361 e. The summed E-state index contributed by atoms with van der Waals surface area (Å²) in [4.78, 5) is 15.6. The quantitative estimate of drug-likeness (QED) is 0.786. The third-order valence-corrected chi connectivity index (χ3v) is 5.00. The minimum absolute atomic E-state index is 0. The van der Waals surface area contributed by atoms with Crippen molar-refractivity contribution in [1.82, 2.24) is 10.3 Å².